The Labute approximate surface area is 113 Å². The summed E-state index contributed by atoms with van der Waals surface area (Å²) in [6.45, 7) is 2.56. The van der Waals surface area contributed by atoms with Crippen molar-refractivity contribution < 1.29 is 9.53 Å². The summed E-state index contributed by atoms with van der Waals surface area (Å²) < 4.78 is 5.45. The van der Waals surface area contributed by atoms with Gasteiger partial charge >= 0.3 is 0 Å². The normalized spacial score (nSPS) is 16.4. The molecule has 2 heteroatoms. The molecule has 0 aromatic heterocycles. The zero-order valence-corrected chi connectivity index (χ0v) is 10.9. The van der Waals surface area contributed by atoms with E-state index in [0.29, 0.717) is 6.61 Å². The van der Waals surface area contributed by atoms with Crippen molar-refractivity contribution in [2.24, 2.45) is 0 Å². The lowest BCUT2D eigenvalue weighted by atomic mass is 9.74. The molecule has 0 aliphatic heterocycles. The van der Waals surface area contributed by atoms with E-state index in [2.05, 4.69) is 6.07 Å². The van der Waals surface area contributed by atoms with Crippen molar-refractivity contribution >= 4 is 5.78 Å². The zero-order valence-electron chi connectivity index (χ0n) is 10.9. The molecule has 0 saturated carbocycles. The lowest BCUT2D eigenvalue weighted by Crippen LogP contribution is -2.25. The molecule has 96 valence electrons. The largest absolute Gasteiger partial charge is 0.494 e. The molecule has 0 bridgehead atoms. The van der Waals surface area contributed by atoms with E-state index >= 15 is 0 Å². The fraction of sp³-hybridized carbons (Fsp3) is 0.235. The summed E-state index contributed by atoms with van der Waals surface area (Å²) in [6.07, 6.45) is 0.855. The number of Topliss-reactive ketones (excluding diaryl/α,β-unsaturated/α-hetero) is 1. The summed E-state index contributed by atoms with van der Waals surface area (Å²) in [5.41, 5.74) is 3.21. The first-order valence-electron chi connectivity index (χ1n) is 6.64. The molecule has 0 spiro atoms. The summed E-state index contributed by atoms with van der Waals surface area (Å²) in [4.78, 5) is 12.5. The van der Waals surface area contributed by atoms with Gasteiger partial charge in [-0.2, -0.15) is 0 Å². The van der Waals surface area contributed by atoms with Gasteiger partial charge in [-0.25, -0.2) is 0 Å². The molecule has 19 heavy (non-hydrogen) atoms. The van der Waals surface area contributed by atoms with Crippen molar-refractivity contribution in [1.29, 1.82) is 0 Å². The minimum Gasteiger partial charge on any atom is -0.494 e. The van der Waals surface area contributed by atoms with Crippen molar-refractivity contribution in [3.05, 3.63) is 65.2 Å². The second-order valence-electron chi connectivity index (χ2n) is 4.78. The van der Waals surface area contributed by atoms with Crippen LogP contribution < -0.4 is 4.74 Å². The van der Waals surface area contributed by atoms with Crippen LogP contribution in [0.3, 0.4) is 0 Å². The number of rotatable bonds is 4. The summed E-state index contributed by atoms with van der Waals surface area (Å²) in [6, 6.07) is 15.6. The van der Waals surface area contributed by atoms with Crippen LogP contribution in [0.5, 0.6) is 5.75 Å². The smallest absolute Gasteiger partial charge is 0.170 e. The second-order valence-corrected chi connectivity index (χ2v) is 4.78. The summed E-state index contributed by atoms with van der Waals surface area (Å²) in [7, 11) is 0. The number of ketones is 1. The number of benzene rings is 2. The molecule has 1 unspecified atom stereocenters. The van der Waals surface area contributed by atoms with Crippen LogP contribution in [0.4, 0.5) is 0 Å². The van der Waals surface area contributed by atoms with Gasteiger partial charge in [0.2, 0.25) is 0 Å². The molecule has 2 nitrogen and oxygen atoms in total. The second kappa shape index (κ2) is 4.88. The Hall–Kier alpha value is -2.09. The van der Waals surface area contributed by atoms with E-state index in [1.807, 2.05) is 49.4 Å². The minimum atomic E-state index is 0.0214. The first-order chi connectivity index (χ1) is 9.29. The Kier molecular flexibility index (Phi) is 3.08. The van der Waals surface area contributed by atoms with Crippen LogP contribution in [-0.2, 0) is 6.42 Å². The lowest BCUT2D eigenvalue weighted by Gasteiger charge is -2.28. The Bertz CT molecular complexity index is 616. The van der Waals surface area contributed by atoms with E-state index in [1.54, 1.807) is 0 Å². The van der Waals surface area contributed by atoms with Gasteiger partial charge in [0.25, 0.3) is 0 Å². The Morgan fingerprint density at radius 2 is 2.05 bits per heavy atom. The van der Waals surface area contributed by atoms with E-state index in [0.717, 1.165) is 17.7 Å². The van der Waals surface area contributed by atoms with E-state index in [1.165, 1.54) is 11.1 Å². The molecular formula is C17H16O2. The fourth-order valence-corrected chi connectivity index (χ4v) is 2.60. The number of ether oxygens (including phenoxy) is 1. The van der Waals surface area contributed by atoms with Crippen LogP contribution in [0, 0.1) is 0 Å². The Balaban J connectivity index is 1.84. The monoisotopic (exact) mass is 252 g/mol. The van der Waals surface area contributed by atoms with Gasteiger partial charge in [-0.3, -0.25) is 4.79 Å². The SMILES string of the molecule is CCOc1cccc(C(=O)C2Cc3ccccc32)c1. The summed E-state index contributed by atoms with van der Waals surface area (Å²) in [5.74, 6) is 0.981. The molecule has 0 fully saturated rings. The molecule has 2 aromatic carbocycles. The summed E-state index contributed by atoms with van der Waals surface area (Å²) >= 11 is 0. The van der Waals surface area contributed by atoms with Gasteiger partial charge in [0.05, 0.1) is 12.5 Å². The number of fused-ring (bicyclic) bond motifs is 1. The highest BCUT2D eigenvalue weighted by Crippen LogP contribution is 2.37. The maximum atomic E-state index is 12.5. The van der Waals surface area contributed by atoms with E-state index in [9.17, 15) is 4.79 Å². The average Bonchev–Trinajstić information content (AvgIpc) is 2.41. The molecular weight excluding hydrogens is 236 g/mol. The third kappa shape index (κ3) is 2.14. The molecule has 1 atom stereocenters. The van der Waals surface area contributed by atoms with Crippen LogP contribution in [0.1, 0.15) is 34.3 Å². The highest BCUT2D eigenvalue weighted by Gasteiger charge is 2.32. The standard InChI is InChI=1S/C17H16O2/c1-2-19-14-8-5-7-13(10-14)17(18)16-11-12-6-3-4-9-15(12)16/h3-10,16H,2,11H2,1H3. The van der Waals surface area contributed by atoms with Gasteiger partial charge in [-0.05, 0) is 36.6 Å². The van der Waals surface area contributed by atoms with Gasteiger partial charge in [-0.1, -0.05) is 36.4 Å². The van der Waals surface area contributed by atoms with E-state index in [-0.39, 0.29) is 11.7 Å². The fourth-order valence-electron chi connectivity index (χ4n) is 2.60. The van der Waals surface area contributed by atoms with Crippen molar-refractivity contribution in [2.45, 2.75) is 19.3 Å². The average molecular weight is 252 g/mol. The van der Waals surface area contributed by atoms with Crippen LogP contribution in [0.2, 0.25) is 0 Å². The first kappa shape index (κ1) is 12.0. The van der Waals surface area contributed by atoms with Crippen molar-refractivity contribution in [1.82, 2.24) is 0 Å². The van der Waals surface area contributed by atoms with Crippen LogP contribution in [-0.4, -0.2) is 12.4 Å². The van der Waals surface area contributed by atoms with Gasteiger partial charge in [0, 0.05) is 5.56 Å². The van der Waals surface area contributed by atoms with Crippen LogP contribution >= 0.6 is 0 Å². The molecule has 0 amide bonds. The first-order valence-corrected chi connectivity index (χ1v) is 6.64. The van der Waals surface area contributed by atoms with Gasteiger partial charge in [0.1, 0.15) is 5.75 Å². The lowest BCUT2D eigenvalue weighted by molar-refractivity contribution is 0.0948. The van der Waals surface area contributed by atoms with Crippen molar-refractivity contribution in [3.63, 3.8) is 0 Å². The van der Waals surface area contributed by atoms with Crippen molar-refractivity contribution in [3.8, 4) is 5.75 Å². The number of hydrogen-bond donors (Lipinski definition) is 0. The Morgan fingerprint density at radius 1 is 1.21 bits per heavy atom. The molecule has 1 aliphatic carbocycles. The number of carbonyl (C=O) groups is 1. The van der Waals surface area contributed by atoms with E-state index in [4.69, 9.17) is 4.74 Å². The number of carbonyl (C=O) groups excluding carboxylic acids is 1. The quantitative estimate of drug-likeness (QED) is 0.777. The van der Waals surface area contributed by atoms with Gasteiger partial charge < -0.3 is 4.74 Å². The third-order valence-corrected chi connectivity index (χ3v) is 3.60. The predicted octanol–water partition coefficient (Wildman–Crippen LogP) is 3.61. The summed E-state index contributed by atoms with van der Waals surface area (Å²) in [5, 5.41) is 0. The third-order valence-electron chi connectivity index (χ3n) is 3.60. The van der Waals surface area contributed by atoms with Crippen LogP contribution in [0.15, 0.2) is 48.5 Å². The predicted molar refractivity (Wildman–Crippen MR) is 74.8 cm³/mol. The molecule has 0 saturated heterocycles. The maximum absolute atomic E-state index is 12.5. The molecule has 0 heterocycles. The van der Waals surface area contributed by atoms with E-state index < -0.39 is 0 Å². The highest BCUT2D eigenvalue weighted by molar-refractivity contribution is 6.02. The number of hydrogen-bond acceptors (Lipinski definition) is 2. The molecule has 0 N–H and O–H groups in total. The van der Waals surface area contributed by atoms with Crippen molar-refractivity contribution in [2.75, 3.05) is 6.61 Å². The molecule has 1 aliphatic rings. The minimum absolute atomic E-state index is 0.0214. The molecule has 3 rings (SSSR count). The van der Waals surface area contributed by atoms with Gasteiger partial charge in [0.15, 0.2) is 5.78 Å². The van der Waals surface area contributed by atoms with Crippen LogP contribution in [0.25, 0.3) is 0 Å². The Morgan fingerprint density at radius 3 is 2.84 bits per heavy atom. The molecule has 2 aromatic rings. The maximum Gasteiger partial charge on any atom is 0.170 e. The highest BCUT2D eigenvalue weighted by atomic mass is 16.5. The molecule has 0 radical (unpaired) electrons. The topological polar surface area (TPSA) is 26.3 Å². The zero-order chi connectivity index (χ0) is 13.2. The van der Waals surface area contributed by atoms with Gasteiger partial charge in [-0.15, -0.1) is 0 Å².